The zero-order valence-electron chi connectivity index (χ0n) is 12.5. The Labute approximate surface area is 116 Å². The fraction of sp³-hybridized carbons (Fsp3) is 0.688. The van der Waals surface area contributed by atoms with Gasteiger partial charge in [0.25, 0.3) is 0 Å². The predicted octanol–water partition coefficient (Wildman–Crippen LogP) is 3.38. The topological polar surface area (TPSA) is 42.2 Å². The van der Waals surface area contributed by atoms with E-state index in [0.29, 0.717) is 16.9 Å². The van der Waals surface area contributed by atoms with Crippen molar-refractivity contribution >= 4 is 11.5 Å². The highest BCUT2D eigenvalue weighted by molar-refractivity contribution is 5.52. The van der Waals surface area contributed by atoms with E-state index in [2.05, 4.69) is 31.7 Å². The first-order valence-electron chi connectivity index (χ1n) is 7.28. The van der Waals surface area contributed by atoms with Gasteiger partial charge in [0.2, 0.25) is 0 Å². The maximum atomic E-state index is 5.88. The van der Waals surface area contributed by atoms with Crippen LogP contribution in [0.1, 0.15) is 45.7 Å². The van der Waals surface area contributed by atoms with Gasteiger partial charge in [-0.05, 0) is 49.1 Å². The molecule has 1 aliphatic carbocycles. The second-order valence-electron chi connectivity index (χ2n) is 7.69. The van der Waals surface area contributed by atoms with Crippen molar-refractivity contribution in [2.75, 3.05) is 17.2 Å². The van der Waals surface area contributed by atoms with Crippen molar-refractivity contribution in [2.24, 2.45) is 10.8 Å². The number of rotatable bonds is 1. The number of nitrogens with zero attached hydrogens (tertiary/aromatic N) is 2. The second-order valence-corrected chi connectivity index (χ2v) is 7.69. The summed E-state index contributed by atoms with van der Waals surface area (Å²) >= 11 is 0. The zero-order valence-corrected chi connectivity index (χ0v) is 12.5. The fourth-order valence-electron chi connectivity index (χ4n) is 4.45. The highest BCUT2D eigenvalue weighted by atomic mass is 15.2. The van der Waals surface area contributed by atoms with Gasteiger partial charge in [-0.15, -0.1) is 0 Å². The molecule has 2 N–H and O–H groups in total. The summed E-state index contributed by atoms with van der Waals surface area (Å²) in [6, 6.07) is 4.72. The van der Waals surface area contributed by atoms with E-state index in [-0.39, 0.29) is 0 Å². The molecule has 0 amide bonds. The number of fused-ring (bicyclic) bond motifs is 2. The van der Waals surface area contributed by atoms with Crippen molar-refractivity contribution in [3.8, 4) is 0 Å². The van der Waals surface area contributed by atoms with Crippen LogP contribution in [-0.4, -0.2) is 17.6 Å². The Balaban J connectivity index is 1.93. The molecule has 1 aliphatic heterocycles. The zero-order chi connectivity index (χ0) is 13.8. The van der Waals surface area contributed by atoms with E-state index in [1.807, 2.05) is 13.0 Å². The van der Waals surface area contributed by atoms with Crippen LogP contribution in [0, 0.1) is 17.8 Å². The molecule has 2 heterocycles. The summed E-state index contributed by atoms with van der Waals surface area (Å²) < 4.78 is 0. The van der Waals surface area contributed by atoms with Crippen molar-refractivity contribution in [1.82, 2.24) is 4.98 Å². The average molecular weight is 259 g/mol. The maximum absolute atomic E-state index is 5.88. The Morgan fingerprint density at radius 3 is 2.68 bits per heavy atom. The highest BCUT2D eigenvalue weighted by Gasteiger charge is 2.49. The molecule has 0 radical (unpaired) electrons. The first kappa shape index (κ1) is 12.8. The normalized spacial score (nSPS) is 32.6. The molecule has 2 atom stereocenters. The number of nitrogens with two attached hydrogens (primary N) is 1. The van der Waals surface area contributed by atoms with Crippen LogP contribution in [0.5, 0.6) is 0 Å². The van der Waals surface area contributed by atoms with Crippen LogP contribution in [0.25, 0.3) is 0 Å². The lowest BCUT2D eigenvalue weighted by Gasteiger charge is -2.39. The summed E-state index contributed by atoms with van der Waals surface area (Å²) in [6.45, 7) is 10.4. The first-order chi connectivity index (χ1) is 8.78. The largest absolute Gasteiger partial charge is 0.397 e. The molecule has 2 fully saturated rings. The third-order valence-electron chi connectivity index (χ3n) is 4.82. The molecule has 104 valence electrons. The summed E-state index contributed by atoms with van der Waals surface area (Å²) in [7, 11) is 0. The van der Waals surface area contributed by atoms with Gasteiger partial charge in [0.15, 0.2) is 0 Å². The summed E-state index contributed by atoms with van der Waals surface area (Å²) in [5.41, 5.74) is 8.52. The molecule has 0 spiro atoms. The minimum Gasteiger partial charge on any atom is -0.397 e. The van der Waals surface area contributed by atoms with Crippen LogP contribution < -0.4 is 10.6 Å². The standard InChI is InChI=1S/C16H25N3/c1-11-13(17)5-6-14(18-11)19-10-16(4)8-12(19)7-15(2,3)9-16/h5-6,12H,7-10,17H2,1-4H3. The quantitative estimate of drug-likeness (QED) is 0.840. The maximum Gasteiger partial charge on any atom is 0.129 e. The number of nitrogen functional groups attached to an aromatic ring is 1. The van der Waals surface area contributed by atoms with Gasteiger partial charge in [0.1, 0.15) is 5.82 Å². The average Bonchev–Trinajstić information content (AvgIpc) is 2.52. The number of pyridine rings is 1. The smallest absolute Gasteiger partial charge is 0.129 e. The molecule has 3 heteroatoms. The Morgan fingerprint density at radius 1 is 1.26 bits per heavy atom. The van der Waals surface area contributed by atoms with E-state index in [1.165, 1.54) is 19.3 Å². The highest BCUT2D eigenvalue weighted by Crippen LogP contribution is 2.53. The Morgan fingerprint density at radius 2 is 2.00 bits per heavy atom. The van der Waals surface area contributed by atoms with Crippen molar-refractivity contribution < 1.29 is 0 Å². The summed E-state index contributed by atoms with van der Waals surface area (Å²) in [4.78, 5) is 7.21. The van der Waals surface area contributed by atoms with Crippen LogP contribution in [-0.2, 0) is 0 Å². The van der Waals surface area contributed by atoms with E-state index >= 15 is 0 Å². The van der Waals surface area contributed by atoms with Gasteiger partial charge in [-0.2, -0.15) is 0 Å². The Bertz CT molecular complexity index is 509. The van der Waals surface area contributed by atoms with E-state index in [0.717, 1.165) is 23.7 Å². The molecule has 2 aliphatic rings. The second kappa shape index (κ2) is 3.87. The molecule has 3 nitrogen and oxygen atoms in total. The Kier molecular flexibility index (Phi) is 2.60. The third-order valence-corrected chi connectivity index (χ3v) is 4.82. The van der Waals surface area contributed by atoms with Gasteiger partial charge in [-0.3, -0.25) is 0 Å². The van der Waals surface area contributed by atoms with Gasteiger partial charge in [-0.1, -0.05) is 20.8 Å². The van der Waals surface area contributed by atoms with Crippen molar-refractivity contribution in [1.29, 1.82) is 0 Å². The van der Waals surface area contributed by atoms with Gasteiger partial charge in [0, 0.05) is 12.6 Å². The van der Waals surface area contributed by atoms with Gasteiger partial charge in [0.05, 0.1) is 11.4 Å². The predicted molar refractivity (Wildman–Crippen MR) is 80.3 cm³/mol. The molecule has 2 bridgehead atoms. The number of anilines is 2. The van der Waals surface area contributed by atoms with Crippen molar-refractivity contribution in [3.63, 3.8) is 0 Å². The lowest BCUT2D eigenvalue weighted by atomic mass is 9.65. The minimum atomic E-state index is 0.448. The Hall–Kier alpha value is -1.25. The summed E-state index contributed by atoms with van der Waals surface area (Å²) in [5, 5.41) is 0. The van der Waals surface area contributed by atoms with Crippen LogP contribution in [0.4, 0.5) is 11.5 Å². The van der Waals surface area contributed by atoms with Crippen molar-refractivity contribution in [2.45, 2.75) is 53.0 Å². The molecule has 2 unspecified atom stereocenters. The van der Waals surface area contributed by atoms with Gasteiger partial charge in [-0.25, -0.2) is 4.98 Å². The minimum absolute atomic E-state index is 0.448. The van der Waals surface area contributed by atoms with E-state index < -0.39 is 0 Å². The molecular formula is C16H25N3. The van der Waals surface area contributed by atoms with Crippen molar-refractivity contribution in [3.05, 3.63) is 17.8 Å². The summed E-state index contributed by atoms with van der Waals surface area (Å²) in [6.07, 6.45) is 3.90. The van der Waals surface area contributed by atoms with Gasteiger partial charge < -0.3 is 10.6 Å². The molecule has 1 aromatic rings. The van der Waals surface area contributed by atoms with E-state index in [4.69, 9.17) is 10.7 Å². The number of hydrogen-bond acceptors (Lipinski definition) is 3. The molecule has 3 rings (SSSR count). The van der Waals surface area contributed by atoms with E-state index in [1.54, 1.807) is 0 Å². The lowest BCUT2D eigenvalue weighted by molar-refractivity contribution is 0.136. The molecule has 1 saturated heterocycles. The molecule has 19 heavy (non-hydrogen) atoms. The molecule has 1 saturated carbocycles. The SMILES string of the molecule is Cc1nc(N2CC3(C)CC2CC(C)(C)C3)ccc1N. The van der Waals surface area contributed by atoms with Crippen LogP contribution >= 0.6 is 0 Å². The first-order valence-corrected chi connectivity index (χ1v) is 7.28. The number of aromatic nitrogens is 1. The van der Waals surface area contributed by atoms with E-state index in [9.17, 15) is 0 Å². The summed E-state index contributed by atoms with van der Waals surface area (Å²) in [5.74, 6) is 1.11. The third kappa shape index (κ3) is 2.19. The lowest BCUT2D eigenvalue weighted by Crippen LogP contribution is -2.35. The number of hydrogen-bond donors (Lipinski definition) is 1. The monoisotopic (exact) mass is 259 g/mol. The fourth-order valence-corrected chi connectivity index (χ4v) is 4.45. The molecular weight excluding hydrogens is 234 g/mol. The van der Waals surface area contributed by atoms with Crippen LogP contribution in [0.2, 0.25) is 0 Å². The van der Waals surface area contributed by atoms with Gasteiger partial charge >= 0.3 is 0 Å². The number of aryl methyl sites for hydroxylation is 1. The van der Waals surface area contributed by atoms with Crippen LogP contribution in [0.15, 0.2) is 12.1 Å². The molecule has 0 aromatic carbocycles. The van der Waals surface area contributed by atoms with Crippen LogP contribution in [0.3, 0.4) is 0 Å². The molecule has 1 aromatic heterocycles.